The molecule has 54 valence electrons. The highest BCUT2D eigenvalue weighted by molar-refractivity contribution is 7.91. The smallest absolute Gasteiger partial charge is 0.150 e. The Labute approximate surface area is 56.2 Å². The van der Waals surface area contributed by atoms with Crippen LogP contribution >= 0.6 is 0 Å². The predicted molar refractivity (Wildman–Crippen MR) is 37.1 cm³/mol. The van der Waals surface area contributed by atoms with Gasteiger partial charge in [-0.3, -0.25) is 0 Å². The second-order valence-electron chi connectivity index (χ2n) is 3.51. The Balaban J connectivity index is 2.81. The van der Waals surface area contributed by atoms with Crippen LogP contribution in [0.3, 0.4) is 0 Å². The number of hydrogen-bond acceptors (Lipinski definition) is 2. The molecule has 0 bridgehead atoms. The lowest BCUT2D eigenvalue weighted by Gasteiger charge is -2.11. The summed E-state index contributed by atoms with van der Waals surface area (Å²) in [5.41, 5.74) is 0.0405. The van der Waals surface area contributed by atoms with Crippen LogP contribution < -0.4 is 0 Å². The van der Waals surface area contributed by atoms with E-state index in [1.165, 1.54) is 0 Å². The molecule has 0 spiro atoms. The molecule has 1 aliphatic rings. The summed E-state index contributed by atoms with van der Waals surface area (Å²) in [7, 11) is -2.65. The van der Waals surface area contributed by atoms with Gasteiger partial charge in [0.15, 0.2) is 9.84 Å². The van der Waals surface area contributed by atoms with E-state index in [4.69, 9.17) is 0 Å². The standard InChI is InChI=1S/C6H12O2S/c1-6(2)3-4-9(7,8)5-6/h3-5H2,1-2H3. The molecular weight excluding hydrogens is 136 g/mol. The van der Waals surface area contributed by atoms with Crippen molar-refractivity contribution in [3.05, 3.63) is 0 Å². The Morgan fingerprint density at radius 1 is 1.33 bits per heavy atom. The van der Waals surface area contributed by atoms with E-state index < -0.39 is 9.84 Å². The molecule has 0 aliphatic carbocycles. The lowest BCUT2D eigenvalue weighted by molar-refractivity contribution is 0.427. The molecule has 0 aromatic rings. The number of rotatable bonds is 0. The molecule has 0 amide bonds. The topological polar surface area (TPSA) is 34.1 Å². The Hall–Kier alpha value is -0.0500. The van der Waals surface area contributed by atoms with E-state index in [0.717, 1.165) is 6.42 Å². The van der Waals surface area contributed by atoms with Crippen LogP contribution in [0.15, 0.2) is 0 Å². The first kappa shape index (κ1) is 7.06. The third-order valence-electron chi connectivity index (χ3n) is 1.70. The summed E-state index contributed by atoms with van der Waals surface area (Å²) in [4.78, 5) is 0. The Kier molecular flexibility index (Phi) is 1.35. The first-order valence-electron chi connectivity index (χ1n) is 3.12. The van der Waals surface area contributed by atoms with Crippen LogP contribution in [-0.2, 0) is 9.84 Å². The molecule has 0 radical (unpaired) electrons. The molecule has 1 aliphatic heterocycles. The monoisotopic (exact) mass is 148 g/mol. The maximum Gasteiger partial charge on any atom is 0.150 e. The second-order valence-corrected chi connectivity index (χ2v) is 5.69. The average molecular weight is 148 g/mol. The average Bonchev–Trinajstić information content (AvgIpc) is 1.78. The van der Waals surface area contributed by atoms with Gasteiger partial charge in [-0.25, -0.2) is 8.42 Å². The first-order valence-corrected chi connectivity index (χ1v) is 4.94. The maximum atomic E-state index is 10.8. The molecule has 1 heterocycles. The van der Waals surface area contributed by atoms with Crippen molar-refractivity contribution in [3.63, 3.8) is 0 Å². The number of hydrogen-bond donors (Lipinski definition) is 0. The van der Waals surface area contributed by atoms with Gasteiger partial charge in [0.05, 0.1) is 11.5 Å². The summed E-state index contributed by atoms with van der Waals surface area (Å²) in [5.74, 6) is 0.764. The van der Waals surface area contributed by atoms with Crippen LogP contribution in [0.4, 0.5) is 0 Å². The van der Waals surface area contributed by atoms with Gasteiger partial charge in [-0.05, 0) is 11.8 Å². The molecule has 0 saturated carbocycles. The van der Waals surface area contributed by atoms with Gasteiger partial charge < -0.3 is 0 Å². The lowest BCUT2D eigenvalue weighted by atomic mass is 9.94. The highest BCUT2D eigenvalue weighted by Crippen LogP contribution is 2.30. The van der Waals surface area contributed by atoms with Crippen molar-refractivity contribution in [2.45, 2.75) is 20.3 Å². The Bertz CT molecular complexity index is 201. The summed E-state index contributed by atoms with van der Waals surface area (Å²) in [6.45, 7) is 4.00. The maximum absolute atomic E-state index is 10.8. The van der Waals surface area contributed by atoms with Gasteiger partial charge >= 0.3 is 0 Å². The van der Waals surface area contributed by atoms with Gasteiger partial charge in [0.2, 0.25) is 0 Å². The van der Waals surface area contributed by atoms with Gasteiger partial charge in [0.1, 0.15) is 0 Å². The summed E-state index contributed by atoms with van der Waals surface area (Å²) in [6.07, 6.45) is 0.829. The van der Waals surface area contributed by atoms with Gasteiger partial charge in [0, 0.05) is 0 Å². The zero-order valence-electron chi connectivity index (χ0n) is 5.85. The normalized spacial score (nSPS) is 30.4. The molecule has 9 heavy (non-hydrogen) atoms. The molecule has 1 saturated heterocycles. The zero-order valence-corrected chi connectivity index (χ0v) is 6.66. The second kappa shape index (κ2) is 1.72. The largest absolute Gasteiger partial charge is 0.229 e. The minimum Gasteiger partial charge on any atom is -0.229 e. The van der Waals surface area contributed by atoms with E-state index in [-0.39, 0.29) is 5.41 Å². The van der Waals surface area contributed by atoms with Gasteiger partial charge in [-0.1, -0.05) is 13.8 Å². The molecule has 0 aromatic carbocycles. The van der Waals surface area contributed by atoms with E-state index in [0.29, 0.717) is 11.5 Å². The minimum absolute atomic E-state index is 0.0405. The molecule has 2 nitrogen and oxygen atoms in total. The third kappa shape index (κ3) is 1.68. The predicted octanol–water partition coefficient (Wildman–Crippen LogP) is 0.831. The Morgan fingerprint density at radius 2 is 1.89 bits per heavy atom. The van der Waals surface area contributed by atoms with Crippen molar-refractivity contribution in [2.24, 2.45) is 5.41 Å². The first-order chi connectivity index (χ1) is 3.91. The van der Waals surface area contributed by atoms with Crippen molar-refractivity contribution in [1.82, 2.24) is 0 Å². The highest BCUT2D eigenvalue weighted by atomic mass is 32.2. The minimum atomic E-state index is -2.65. The van der Waals surface area contributed by atoms with E-state index in [1.807, 2.05) is 13.8 Å². The molecule has 3 heteroatoms. The SMILES string of the molecule is CC1(C)CCS(=O)(=O)C1. The highest BCUT2D eigenvalue weighted by Gasteiger charge is 2.33. The molecule has 0 unspecified atom stereocenters. The lowest BCUT2D eigenvalue weighted by Crippen LogP contribution is -2.12. The Morgan fingerprint density at radius 3 is 2.00 bits per heavy atom. The molecule has 1 fully saturated rings. The van der Waals surface area contributed by atoms with Crippen LogP contribution in [0.5, 0.6) is 0 Å². The summed E-state index contributed by atoms with van der Waals surface area (Å²) in [6, 6.07) is 0. The summed E-state index contributed by atoms with van der Waals surface area (Å²) < 4.78 is 21.7. The van der Waals surface area contributed by atoms with Crippen LogP contribution in [-0.4, -0.2) is 19.9 Å². The van der Waals surface area contributed by atoms with E-state index >= 15 is 0 Å². The van der Waals surface area contributed by atoms with Crippen molar-refractivity contribution in [1.29, 1.82) is 0 Å². The van der Waals surface area contributed by atoms with Crippen LogP contribution in [0, 0.1) is 5.41 Å². The zero-order chi connectivity index (χ0) is 7.12. The number of sulfone groups is 1. The van der Waals surface area contributed by atoms with E-state index in [1.54, 1.807) is 0 Å². The molecule has 0 atom stereocenters. The fourth-order valence-corrected chi connectivity index (χ4v) is 3.51. The van der Waals surface area contributed by atoms with Crippen molar-refractivity contribution < 1.29 is 8.42 Å². The van der Waals surface area contributed by atoms with Crippen molar-refractivity contribution in [2.75, 3.05) is 11.5 Å². The molecule has 1 rings (SSSR count). The summed E-state index contributed by atoms with van der Waals surface area (Å²) >= 11 is 0. The van der Waals surface area contributed by atoms with Gasteiger partial charge in [-0.15, -0.1) is 0 Å². The van der Waals surface area contributed by atoms with E-state index in [9.17, 15) is 8.42 Å². The van der Waals surface area contributed by atoms with Crippen LogP contribution in [0.1, 0.15) is 20.3 Å². The van der Waals surface area contributed by atoms with Gasteiger partial charge in [-0.2, -0.15) is 0 Å². The quantitative estimate of drug-likeness (QED) is 0.510. The van der Waals surface area contributed by atoms with Crippen LogP contribution in [0.25, 0.3) is 0 Å². The molecule has 0 aromatic heterocycles. The fourth-order valence-electron chi connectivity index (χ4n) is 1.17. The summed E-state index contributed by atoms with van der Waals surface area (Å²) in [5, 5.41) is 0. The van der Waals surface area contributed by atoms with E-state index in [2.05, 4.69) is 0 Å². The van der Waals surface area contributed by atoms with Crippen LogP contribution in [0.2, 0.25) is 0 Å². The van der Waals surface area contributed by atoms with Crippen molar-refractivity contribution in [3.8, 4) is 0 Å². The molecular formula is C6H12O2S. The van der Waals surface area contributed by atoms with Gasteiger partial charge in [0.25, 0.3) is 0 Å². The third-order valence-corrected chi connectivity index (χ3v) is 3.75. The fraction of sp³-hybridized carbons (Fsp3) is 1.00. The van der Waals surface area contributed by atoms with Crippen molar-refractivity contribution >= 4 is 9.84 Å². The molecule has 0 N–H and O–H groups in total.